The Labute approximate surface area is 127 Å². The molecule has 1 nitrogen and oxygen atoms in total. The molecule has 0 saturated heterocycles. The first-order chi connectivity index (χ1) is 9.66. The fourth-order valence-corrected chi connectivity index (χ4v) is 3.47. The quantitative estimate of drug-likeness (QED) is 0.798. The fourth-order valence-electron chi connectivity index (χ4n) is 2.22. The van der Waals surface area contributed by atoms with Crippen molar-refractivity contribution in [2.24, 2.45) is 0 Å². The molecule has 0 heterocycles. The largest absolute Gasteiger partial charge is 0.340 e. The maximum atomic E-state index is 2.25. The highest BCUT2D eigenvalue weighted by Crippen LogP contribution is 2.38. The molecule has 0 fully saturated rings. The predicted octanol–water partition coefficient (Wildman–Crippen LogP) is 3.36. The van der Waals surface area contributed by atoms with Crippen molar-refractivity contribution in [3.05, 3.63) is 65.7 Å². The minimum Gasteiger partial charge on any atom is -0.340 e. The van der Waals surface area contributed by atoms with E-state index >= 15 is 0 Å². The lowest BCUT2D eigenvalue weighted by molar-refractivity contribution is -0.858. The van der Waals surface area contributed by atoms with Gasteiger partial charge in [-0.2, -0.15) is 0 Å². The van der Waals surface area contributed by atoms with Crippen LogP contribution in [-0.2, 0) is 0 Å². The fraction of sp³-hybridized carbons (Fsp3) is 0.333. The van der Waals surface area contributed by atoms with Crippen LogP contribution >= 0.6 is 11.8 Å². The van der Waals surface area contributed by atoms with Gasteiger partial charge in [0.2, 0.25) is 0 Å². The summed E-state index contributed by atoms with van der Waals surface area (Å²) in [7, 11) is 4.45. The second-order valence-corrected chi connectivity index (χ2v) is 6.77. The van der Waals surface area contributed by atoms with Gasteiger partial charge in [0.25, 0.3) is 0 Å². The standard InChI is InChI=1S/C18H23NS/c1-15-9-7-8-12-17(15)20-18(13-14-19(2)3)16-10-5-4-6-11-16/h4-12,18H,13-14H2,1-3H3/p+1/t18-/m1/s1. The molecule has 0 bridgehead atoms. The third kappa shape index (κ3) is 4.39. The molecule has 0 aliphatic carbocycles. The summed E-state index contributed by atoms with van der Waals surface area (Å²) in [6, 6.07) is 19.6. The summed E-state index contributed by atoms with van der Waals surface area (Å²) in [5.74, 6) is 0. The van der Waals surface area contributed by atoms with E-state index in [-0.39, 0.29) is 0 Å². The topological polar surface area (TPSA) is 4.44 Å². The van der Waals surface area contributed by atoms with E-state index in [4.69, 9.17) is 0 Å². The summed E-state index contributed by atoms with van der Waals surface area (Å²) >= 11 is 2.00. The molecule has 1 N–H and O–H groups in total. The van der Waals surface area contributed by atoms with E-state index in [0.29, 0.717) is 5.25 Å². The molecule has 0 radical (unpaired) electrons. The maximum absolute atomic E-state index is 2.25. The zero-order valence-corrected chi connectivity index (χ0v) is 13.4. The first kappa shape index (κ1) is 15.1. The van der Waals surface area contributed by atoms with Crippen molar-refractivity contribution in [3.63, 3.8) is 0 Å². The van der Waals surface area contributed by atoms with Crippen LogP contribution in [0, 0.1) is 6.92 Å². The molecule has 0 amide bonds. The minimum absolute atomic E-state index is 0.534. The van der Waals surface area contributed by atoms with Gasteiger partial charge < -0.3 is 4.90 Å². The number of rotatable bonds is 6. The van der Waals surface area contributed by atoms with Crippen molar-refractivity contribution in [3.8, 4) is 0 Å². The van der Waals surface area contributed by atoms with E-state index in [9.17, 15) is 0 Å². The number of thioether (sulfide) groups is 1. The zero-order valence-electron chi connectivity index (χ0n) is 12.6. The van der Waals surface area contributed by atoms with E-state index in [1.807, 2.05) is 11.8 Å². The van der Waals surface area contributed by atoms with Gasteiger partial charge in [-0.3, -0.25) is 0 Å². The summed E-state index contributed by atoms with van der Waals surface area (Å²) < 4.78 is 0. The third-order valence-electron chi connectivity index (χ3n) is 3.44. The van der Waals surface area contributed by atoms with Crippen LogP contribution in [0.1, 0.15) is 22.8 Å². The highest BCUT2D eigenvalue weighted by Gasteiger charge is 2.15. The lowest BCUT2D eigenvalue weighted by Gasteiger charge is -2.19. The summed E-state index contributed by atoms with van der Waals surface area (Å²) in [6.45, 7) is 3.39. The number of hydrogen-bond acceptors (Lipinski definition) is 1. The Morgan fingerprint density at radius 3 is 2.25 bits per heavy atom. The van der Waals surface area contributed by atoms with E-state index in [0.717, 1.165) is 0 Å². The van der Waals surface area contributed by atoms with Crippen molar-refractivity contribution >= 4 is 11.8 Å². The van der Waals surface area contributed by atoms with Crippen LogP contribution in [0.2, 0.25) is 0 Å². The highest BCUT2D eigenvalue weighted by molar-refractivity contribution is 7.99. The molecule has 0 aliphatic rings. The summed E-state index contributed by atoms with van der Waals surface area (Å²) in [6.07, 6.45) is 1.20. The molecule has 0 spiro atoms. The molecule has 0 unspecified atom stereocenters. The molecule has 0 aromatic heterocycles. The molecule has 2 aromatic carbocycles. The van der Waals surface area contributed by atoms with Gasteiger partial charge in [-0.15, -0.1) is 11.8 Å². The van der Waals surface area contributed by atoms with Gasteiger partial charge in [0.05, 0.1) is 20.6 Å². The Hall–Kier alpha value is -1.25. The summed E-state index contributed by atoms with van der Waals surface area (Å²) in [4.78, 5) is 2.91. The molecule has 2 heteroatoms. The van der Waals surface area contributed by atoms with Crippen LogP contribution in [0.5, 0.6) is 0 Å². The molecular weight excluding hydrogens is 262 g/mol. The Balaban J connectivity index is 2.16. The Morgan fingerprint density at radius 2 is 1.60 bits per heavy atom. The highest BCUT2D eigenvalue weighted by atomic mass is 32.2. The van der Waals surface area contributed by atoms with Gasteiger partial charge in [-0.25, -0.2) is 0 Å². The molecule has 2 rings (SSSR count). The van der Waals surface area contributed by atoms with Crippen molar-refractivity contribution in [1.82, 2.24) is 0 Å². The van der Waals surface area contributed by atoms with Crippen LogP contribution < -0.4 is 4.90 Å². The lowest BCUT2D eigenvalue weighted by atomic mass is 10.1. The van der Waals surface area contributed by atoms with Gasteiger partial charge in [0.15, 0.2) is 0 Å². The van der Waals surface area contributed by atoms with Gasteiger partial charge >= 0.3 is 0 Å². The third-order valence-corrected chi connectivity index (χ3v) is 4.95. The van der Waals surface area contributed by atoms with Crippen LogP contribution in [-0.4, -0.2) is 20.6 Å². The maximum Gasteiger partial charge on any atom is 0.0780 e. The molecule has 1 atom stereocenters. The van der Waals surface area contributed by atoms with E-state index in [1.54, 1.807) is 0 Å². The molecule has 0 saturated carbocycles. The van der Waals surface area contributed by atoms with E-state index in [2.05, 4.69) is 75.6 Å². The van der Waals surface area contributed by atoms with Crippen molar-refractivity contribution < 1.29 is 4.90 Å². The first-order valence-corrected chi connectivity index (χ1v) is 8.11. The van der Waals surface area contributed by atoms with Crippen LogP contribution in [0.4, 0.5) is 0 Å². The normalized spacial score (nSPS) is 12.6. The predicted molar refractivity (Wildman–Crippen MR) is 88.5 cm³/mol. The van der Waals surface area contributed by atoms with E-state index in [1.165, 1.54) is 33.9 Å². The van der Waals surface area contributed by atoms with Crippen LogP contribution in [0.3, 0.4) is 0 Å². The van der Waals surface area contributed by atoms with Gasteiger partial charge in [-0.1, -0.05) is 48.5 Å². The zero-order chi connectivity index (χ0) is 14.4. The van der Waals surface area contributed by atoms with Crippen molar-refractivity contribution in [2.45, 2.75) is 23.5 Å². The molecule has 106 valence electrons. The molecule has 0 aliphatic heterocycles. The van der Waals surface area contributed by atoms with Crippen molar-refractivity contribution in [1.29, 1.82) is 0 Å². The molecular formula is C18H24NS+. The number of quaternary nitrogens is 1. The monoisotopic (exact) mass is 286 g/mol. The Bertz CT molecular complexity index is 522. The van der Waals surface area contributed by atoms with Crippen LogP contribution in [0.15, 0.2) is 59.5 Å². The average Bonchev–Trinajstić information content (AvgIpc) is 2.46. The summed E-state index contributed by atoms with van der Waals surface area (Å²) in [5.41, 5.74) is 2.80. The first-order valence-electron chi connectivity index (χ1n) is 7.23. The number of hydrogen-bond donors (Lipinski definition) is 1. The average molecular weight is 286 g/mol. The number of aryl methyl sites for hydroxylation is 1. The number of benzene rings is 2. The smallest absolute Gasteiger partial charge is 0.0780 e. The molecule has 2 aromatic rings. The minimum atomic E-state index is 0.534. The molecule has 20 heavy (non-hydrogen) atoms. The second-order valence-electron chi connectivity index (χ2n) is 5.53. The number of nitrogens with one attached hydrogen (secondary N) is 1. The van der Waals surface area contributed by atoms with Gasteiger partial charge in [0.1, 0.15) is 0 Å². The Kier molecular flexibility index (Phi) is 5.69. The summed E-state index contributed by atoms with van der Waals surface area (Å²) in [5, 5.41) is 0.534. The van der Waals surface area contributed by atoms with E-state index < -0.39 is 0 Å². The van der Waals surface area contributed by atoms with Gasteiger partial charge in [0, 0.05) is 16.6 Å². The second kappa shape index (κ2) is 7.51. The lowest BCUT2D eigenvalue weighted by Crippen LogP contribution is -3.05. The SMILES string of the molecule is Cc1ccccc1S[C@H](CC[NH+](C)C)c1ccccc1. The van der Waals surface area contributed by atoms with Crippen molar-refractivity contribution in [2.75, 3.05) is 20.6 Å². The van der Waals surface area contributed by atoms with Crippen LogP contribution in [0.25, 0.3) is 0 Å². The Morgan fingerprint density at radius 1 is 0.950 bits per heavy atom. The van der Waals surface area contributed by atoms with Gasteiger partial charge in [-0.05, 0) is 24.1 Å².